The molecule has 0 aromatic carbocycles. The highest BCUT2D eigenvalue weighted by Crippen LogP contribution is 2.23. The van der Waals surface area contributed by atoms with E-state index in [9.17, 15) is 9.59 Å². The Kier molecular flexibility index (Phi) is 8.91. The summed E-state index contributed by atoms with van der Waals surface area (Å²) < 4.78 is 4.98. The van der Waals surface area contributed by atoms with E-state index in [0.717, 1.165) is 18.4 Å². The molecule has 0 aliphatic heterocycles. The maximum absolute atomic E-state index is 11.8. The van der Waals surface area contributed by atoms with Gasteiger partial charge in [0.15, 0.2) is 0 Å². The summed E-state index contributed by atoms with van der Waals surface area (Å²) in [5.41, 5.74) is 3.55. The van der Waals surface area contributed by atoms with Crippen molar-refractivity contribution in [3.8, 4) is 0 Å². The van der Waals surface area contributed by atoms with Crippen LogP contribution in [-0.4, -0.2) is 18.4 Å². The molecule has 0 aliphatic rings. The zero-order valence-corrected chi connectivity index (χ0v) is 14.4. The lowest BCUT2D eigenvalue weighted by Gasteiger charge is -2.16. The zero-order valence-electron chi connectivity index (χ0n) is 14.4. The SMILES string of the molecule is C=C(C)C(C)CCC(C)=C(C)CC(C(C)=O)C(=O)OCC. The number of carbonyl (C=O) groups is 2. The lowest BCUT2D eigenvalue weighted by molar-refractivity contribution is -0.151. The number of hydrogen-bond donors (Lipinski definition) is 0. The van der Waals surface area contributed by atoms with Crippen molar-refractivity contribution >= 4 is 11.8 Å². The van der Waals surface area contributed by atoms with Crippen LogP contribution in [0.15, 0.2) is 23.3 Å². The fraction of sp³-hybridized carbons (Fsp3) is 0.667. The monoisotopic (exact) mass is 294 g/mol. The zero-order chi connectivity index (χ0) is 16.6. The molecule has 0 rings (SSSR count). The van der Waals surface area contributed by atoms with Gasteiger partial charge in [-0.15, -0.1) is 0 Å². The summed E-state index contributed by atoms with van der Waals surface area (Å²) >= 11 is 0. The average molecular weight is 294 g/mol. The molecule has 0 bridgehead atoms. The number of Topliss-reactive ketones (excluding diaryl/α,β-unsaturated/α-hetero) is 1. The maximum atomic E-state index is 11.8. The average Bonchev–Trinajstić information content (AvgIpc) is 2.40. The van der Waals surface area contributed by atoms with Gasteiger partial charge in [-0.3, -0.25) is 9.59 Å². The smallest absolute Gasteiger partial charge is 0.316 e. The number of rotatable bonds is 9. The largest absolute Gasteiger partial charge is 0.465 e. The van der Waals surface area contributed by atoms with Gasteiger partial charge in [0.25, 0.3) is 0 Å². The number of hydrogen-bond acceptors (Lipinski definition) is 3. The molecule has 3 nitrogen and oxygen atoms in total. The summed E-state index contributed by atoms with van der Waals surface area (Å²) in [7, 11) is 0. The highest BCUT2D eigenvalue weighted by molar-refractivity contribution is 5.98. The van der Waals surface area contributed by atoms with Crippen molar-refractivity contribution < 1.29 is 14.3 Å². The number of esters is 1. The highest BCUT2D eigenvalue weighted by atomic mass is 16.5. The van der Waals surface area contributed by atoms with Gasteiger partial charge in [0.2, 0.25) is 0 Å². The van der Waals surface area contributed by atoms with Gasteiger partial charge in [0, 0.05) is 0 Å². The van der Waals surface area contributed by atoms with Crippen molar-refractivity contribution in [1.29, 1.82) is 0 Å². The van der Waals surface area contributed by atoms with Gasteiger partial charge in [0.1, 0.15) is 11.7 Å². The van der Waals surface area contributed by atoms with Crippen molar-refractivity contribution in [2.75, 3.05) is 6.61 Å². The van der Waals surface area contributed by atoms with E-state index in [1.54, 1.807) is 6.92 Å². The minimum Gasteiger partial charge on any atom is -0.465 e. The van der Waals surface area contributed by atoms with Crippen molar-refractivity contribution in [3.05, 3.63) is 23.3 Å². The van der Waals surface area contributed by atoms with E-state index in [2.05, 4.69) is 20.4 Å². The maximum Gasteiger partial charge on any atom is 0.316 e. The number of allylic oxidation sites excluding steroid dienone is 3. The second-order valence-corrected chi connectivity index (χ2v) is 5.97. The van der Waals surface area contributed by atoms with Crippen LogP contribution in [0.4, 0.5) is 0 Å². The van der Waals surface area contributed by atoms with Crippen LogP contribution < -0.4 is 0 Å². The first-order chi connectivity index (χ1) is 9.70. The van der Waals surface area contributed by atoms with Crippen molar-refractivity contribution in [1.82, 2.24) is 0 Å². The van der Waals surface area contributed by atoms with Gasteiger partial charge >= 0.3 is 5.97 Å². The molecular formula is C18H30O3. The molecule has 0 amide bonds. The predicted octanol–water partition coefficient (Wildman–Crippen LogP) is 4.47. The molecule has 2 unspecified atom stereocenters. The quantitative estimate of drug-likeness (QED) is 0.358. The van der Waals surface area contributed by atoms with Crippen molar-refractivity contribution in [3.63, 3.8) is 0 Å². The second-order valence-electron chi connectivity index (χ2n) is 5.97. The third-order valence-corrected chi connectivity index (χ3v) is 4.09. The molecule has 0 aromatic rings. The third-order valence-electron chi connectivity index (χ3n) is 4.09. The number of ketones is 1. The Morgan fingerprint density at radius 1 is 1.10 bits per heavy atom. The van der Waals surface area contributed by atoms with Crippen LogP contribution in [0.1, 0.15) is 60.8 Å². The molecule has 0 fully saturated rings. The fourth-order valence-corrected chi connectivity index (χ4v) is 2.01. The van der Waals surface area contributed by atoms with E-state index in [1.165, 1.54) is 18.1 Å². The molecule has 0 spiro atoms. The first-order valence-corrected chi connectivity index (χ1v) is 7.68. The van der Waals surface area contributed by atoms with Crippen LogP contribution >= 0.6 is 0 Å². The third kappa shape index (κ3) is 7.26. The van der Waals surface area contributed by atoms with Crippen molar-refractivity contribution in [2.45, 2.75) is 60.8 Å². The lowest BCUT2D eigenvalue weighted by Crippen LogP contribution is -2.24. The van der Waals surface area contributed by atoms with Crippen LogP contribution in [0, 0.1) is 11.8 Å². The van der Waals surface area contributed by atoms with E-state index in [-0.39, 0.29) is 5.78 Å². The van der Waals surface area contributed by atoms with E-state index >= 15 is 0 Å². The molecule has 0 aliphatic carbocycles. The fourth-order valence-electron chi connectivity index (χ4n) is 2.01. The van der Waals surface area contributed by atoms with Gasteiger partial charge in [-0.25, -0.2) is 0 Å². The standard InChI is InChI=1S/C18H30O3/c1-8-21-18(20)17(16(7)19)11-15(6)14(5)10-9-13(4)12(2)3/h13,17H,2,8-11H2,1,3-7H3. The van der Waals surface area contributed by atoms with Gasteiger partial charge in [-0.2, -0.15) is 0 Å². The summed E-state index contributed by atoms with van der Waals surface area (Å²) in [6, 6.07) is 0. The minimum absolute atomic E-state index is 0.129. The second kappa shape index (κ2) is 9.54. The molecule has 120 valence electrons. The van der Waals surface area contributed by atoms with E-state index in [4.69, 9.17) is 4.74 Å². The molecule has 0 aromatic heterocycles. The molecule has 0 saturated heterocycles. The van der Waals surface area contributed by atoms with E-state index in [0.29, 0.717) is 18.9 Å². The molecular weight excluding hydrogens is 264 g/mol. The Morgan fingerprint density at radius 3 is 2.10 bits per heavy atom. The minimum atomic E-state index is -0.668. The summed E-state index contributed by atoms with van der Waals surface area (Å²) in [4.78, 5) is 23.5. The van der Waals surface area contributed by atoms with Gasteiger partial charge in [-0.1, -0.05) is 30.2 Å². The van der Waals surface area contributed by atoms with Crippen LogP contribution in [0.5, 0.6) is 0 Å². The molecule has 3 heteroatoms. The Balaban J connectivity index is 4.75. The molecule has 0 heterocycles. The van der Waals surface area contributed by atoms with E-state index in [1.807, 2.05) is 13.8 Å². The van der Waals surface area contributed by atoms with Gasteiger partial charge in [0.05, 0.1) is 6.61 Å². The number of ether oxygens (including phenoxy) is 1. The molecule has 2 atom stereocenters. The number of carbonyl (C=O) groups excluding carboxylic acids is 2. The molecule has 0 radical (unpaired) electrons. The highest BCUT2D eigenvalue weighted by Gasteiger charge is 2.25. The van der Waals surface area contributed by atoms with E-state index < -0.39 is 11.9 Å². The Hall–Kier alpha value is -1.38. The van der Waals surface area contributed by atoms with Crippen LogP contribution in [-0.2, 0) is 14.3 Å². The van der Waals surface area contributed by atoms with Crippen molar-refractivity contribution in [2.24, 2.45) is 11.8 Å². The topological polar surface area (TPSA) is 43.4 Å². The summed E-state index contributed by atoms with van der Waals surface area (Å²) in [6.45, 7) is 15.8. The molecule has 21 heavy (non-hydrogen) atoms. The Labute approximate surface area is 129 Å². The lowest BCUT2D eigenvalue weighted by atomic mass is 9.90. The first-order valence-electron chi connectivity index (χ1n) is 7.68. The Bertz CT molecular complexity index is 418. The molecule has 0 N–H and O–H groups in total. The van der Waals surface area contributed by atoms with Crippen LogP contribution in [0.25, 0.3) is 0 Å². The molecule has 0 saturated carbocycles. The predicted molar refractivity (Wildman–Crippen MR) is 87.0 cm³/mol. The normalized spacial score (nSPS) is 15.0. The summed E-state index contributed by atoms with van der Waals surface area (Å²) in [5.74, 6) is -0.719. The first kappa shape index (κ1) is 19.6. The van der Waals surface area contributed by atoms with Gasteiger partial charge in [-0.05, 0) is 59.8 Å². The Morgan fingerprint density at radius 2 is 1.67 bits per heavy atom. The van der Waals surface area contributed by atoms with Crippen LogP contribution in [0.2, 0.25) is 0 Å². The van der Waals surface area contributed by atoms with Crippen LogP contribution in [0.3, 0.4) is 0 Å². The summed E-state index contributed by atoms with van der Waals surface area (Å²) in [5, 5.41) is 0. The van der Waals surface area contributed by atoms with Gasteiger partial charge < -0.3 is 4.74 Å². The summed E-state index contributed by atoms with van der Waals surface area (Å²) in [6.07, 6.45) is 2.47.